The molecule has 0 aliphatic rings. The van der Waals surface area contributed by atoms with Gasteiger partial charge in [-0.2, -0.15) is 5.10 Å². The maximum absolute atomic E-state index is 13.5. The van der Waals surface area contributed by atoms with Gasteiger partial charge in [0.25, 0.3) is 5.91 Å². The van der Waals surface area contributed by atoms with Crippen molar-refractivity contribution in [2.75, 3.05) is 6.61 Å². The molecule has 0 fully saturated rings. The van der Waals surface area contributed by atoms with Crippen molar-refractivity contribution in [3.63, 3.8) is 0 Å². The predicted molar refractivity (Wildman–Crippen MR) is 92.7 cm³/mol. The molecular weight excluding hydrogens is 383 g/mol. The maximum atomic E-state index is 13.5. The van der Waals surface area contributed by atoms with Crippen LogP contribution in [-0.2, 0) is 4.79 Å². The van der Waals surface area contributed by atoms with Gasteiger partial charge in [0.05, 0.1) is 11.8 Å². The molecule has 0 aromatic heterocycles. The molecule has 0 radical (unpaired) electrons. The molecule has 0 bridgehead atoms. The molecule has 150 valence electrons. The molecule has 2 aromatic carbocycles. The van der Waals surface area contributed by atoms with Crippen LogP contribution in [0, 0.1) is 36.0 Å². The van der Waals surface area contributed by atoms with E-state index in [1.54, 1.807) is 6.07 Å². The molecule has 0 saturated heterocycles. The van der Waals surface area contributed by atoms with Crippen LogP contribution in [0.4, 0.5) is 22.0 Å². The second-order valence-electron chi connectivity index (χ2n) is 6.26. The molecule has 0 heterocycles. The first kappa shape index (κ1) is 21.3. The SMILES string of the molecule is Cc1ccc(C(C)C)c(OCC(=O)N/N=C\c2c(F)c(F)c(F)c(F)c2F)c1. The lowest BCUT2D eigenvalue weighted by Gasteiger charge is -2.14. The Kier molecular flexibility index (Phi) is 6.71. The molecule has 0 atom stereocenters. The second-order valence-corrected chi connectivity index (χ2v) is 6.26. The molecule has 0 unspecified atom stereocenters. The van der Waals surface area contributed by atoms with E-state index in [2.05, 4.69) is 5.10 Å². The van der Waals surface area contributed by atoms with E-state index in [0.29, 0.717) is 12.0 Å². The van der Waals surface area contributed by atoms with Gasteiger partial charge in [0.1, 0.15) is 5.75 Å². The number of rotatable bonds is 6. The van der Waals surface area contributed by atoms with Crippen LogP contribution in [0.3, 0.4) is 0 Å². The van der Waals surface area contributed by atoms with E-state index in [4.69, 9.17) is 4.74 Å². The third-order valence-electron chi connectivity index (χ3n) is 3.78. The van der Waals surface area contributed by atoms with Gasteiger partial charge in [0.15, 0.2) is 29.9 Å². The lowest BCUT2D eigenvalue weighted by atomic mass is 10.0. The van der Waals surface area contributed by atoms with E-state index >= 15 is 0 Å². The van der Waals surface area contributed by atoms with E-state index in [9.17, 15) is 26.7 Å². The number of carbonyl (C=O) groups is 1. The number of ether oxygens (including phenoxy) is 1. The standard InChI is InChI=1S/C19H17F5N2O2/c1-9(2)11-5-4-10(3)6-13(11)28-8-14(27)26-25-7-12-15(20)17(22)19(24)18(23)16(12)21/h4-7,9H,8H2,1-3H3,(H,26,27)/b25-7-. The molecule has 0 aliphatic carbocycles. The van der Waals surface area contributed by atoms with Crippen LogP contribution in [0.15, 0.2) is 23.3 Å². The number of nitrogens with one attached hydrogen (secondary N) is 1. The normalized spacial score (nSPS) is 11.3. The molecule has 0 aliphatic heterocycles. The summed E-state index contributed by atoms with van der Waals surface area (Å²) in [5.41, 5.74) is 2.44. The highest BCUT2D eigenvalue weighted by Crippen LogP contribution is 2.27. The minimum absolute atomic E-state index is 0.144. The molecule has 0 saturated carbocycles. The fraction of sp³-hybridized carbons (Fsp3) is 0.263. The van der Waals surface area contributed by atoms with Crippen molar-refractivity contribution in [3.8, 4) is 5.75 Å². The van der Waals surface area contributed by atoms with Gasteiger partial charge in [-0.05, 0) is 30.0 Å². The van der Waals surface area contributed by atoms with Gasteiger partial charge in [-0.15, -0.1) is 0 Å². The molecular formula is C19H17F5N2O2. The smallest absolute Gasteiger partial charge is 0.277 e. The van der Waals surface area contributed by atoms with Crippen molar-refractivity contribution in [3.05, 3.63) is 64.0 Å². The van der Waals surface area contributed by atoms with Gasteiger partial charge in [-0.3, -0.25) is 4.79 Å². The number of hydrazone groups is 1. The Labute approximate surface area is 158 Å². The number of hydrogen-bond donors (Lipinski definition) is 1. The molecule has 9 heteroatoms. The fourth-order valence-corrected chi connectivity index (χ4v) is 2.32. The first-order chi connectivity index (χ1) is 13.1. The zero-order valence-corrected chi connectivity index (χ0v) is 15.2. The van der Waals surface area contributed by atoms with Crippen molar-refractivity contribution < 1.29 is 31.5 Å². The summed E-state index contributed by atoms with van der Waals surface area (Å²) in [7, 11) is 0. The highest BCUT2D eigenvalue weighted by atomic mass is 19.2. The van der Waals surface area contributed by atoms with E-state index in [0.717, 1.165) is 11.1 Å². The summed E-state index contributed by atoms with van der Waals surface area (Å²) >= 11 is 0. The Hall–Kier alpha value is -2.97. The lowest BCUT2D eigenvalue weighted by molar-refractivity contribution is -0.123. The number of halogens is 5. The minimum atomic E-state index is -2.27. The van der Waals surface area contributed by atoms with Crippen molar-refractivity contribution in [1.82, 2.24) is 5.43 Å². The van der Waals surface area contributed by atoms with Crippen LogP contribution in [0.1, 0.15) is 36.5 Å². The Balaban J connectivity index is 2.06. The third kappa shape index (κ3) is 4.65. The summed E-state index contributed by atoms with van der Waals surface area (Å²) in [6, 6.07) is 5.52. The van der Waals surface area contributed by atoms with Crippen LogP contribution in [0.25, 0.3) is 0 Å². The number of aryl methyl sites for hydroxylation is 1. The van der Waals surface area contributed by atoms with Crippen molar-refractivity contribution >= 4 is 12.1 Å². The topological polar surface area (TPSA) is 50.7 Å². The number of carbonyl (C=O) groups excluding carboxylic acids is 1. The van der Waals surface area contributed by atoms with Crippen molar-refractivity contribution in [2.45, 2.75) is 26.7 Å². The van der Waals surface area contributed by atoms with E-state index in [1.807, 2.05) is 38.3 Å². The van der Waals surface area contributed by atoms with Gasteiger partial charge in [-0.25, -0.2) is 27.4 Å². The third-order valence-corrected chi connectivity index (χ3v) is 3.78. The Morgan fingerprint density at radius 3 is 2.21 bits per heavy atom. The lowest BCUT2D eigenvalue weighted by Crippen LogP contribution is -2.25. The minimum Gasteiger partial charge on any atom is -0.483 e. The summed E-state index contributed by atoms with van der Waals surface area (Å²) in [5, 5.41) is 3.22. The first-order valence-electron chi connectivity index (χ1n) is 8.20. The van der Waals surface area contributed by atoms with E-state index in [-0.39, 0.29) is 5.92 Å². The monoisotopic (exact) mass is 400 g/mol. The number of benzene rings is 2. The summed E-state index contributed by atoms with van der Waals surface area (Å²) in [4.78, 5) is 11.8. The van der Waals surface area contributed by atoms with Crippen LogP contribution in [0.2, 0.25) is 0 Å². The zero-order valence-electron chi connectivity index (χ0n) is 15.2. The highest BCUT2D eigenvalue weighted by molar-refractivity contribution is 5.83. The van der Waals surface area contributed by atoms with Crippen molar-refractivity contribution in [1.29, 1.82) is 0 Å². The predicted octanol–water partition coefficient (Wildman–Crippen LogP) is 4.34. The average Bonchev–Trinajstić information content (AvgIpc) is 2.65. The highest BCUT2D eigenvalue weighted by Gasteiger charge is 2.24. The van der Waals surface area contributed by atoms with Gasteiger partial charge < -0.3 is 4.74 Å². The Bertz CT molecular complexity index is 900. The van der Waals surface area contributed by atoms with E-state index in [1.165, 1.54) is 0 Å². The summed E-state index contributed by atoms with van der Waals surface area (Å²) < 4.78 is 71.6. The summed E-state index contributed by atoms with van der Waals surface area (Å²) in [6.07, 6.45) is 0.334. The van der Waals surface area contributed by atoms with Gasteiger partial charge in [-0.1, -0.05) is 26.0 Å². The maximum Gasteiger partial charge on any atom is 0.277 e. The quantitative estimate of drug-likeness (QED) is 0.258. The number of hydrogen-bond acceptors (Lipinski definition) is 3. The van der Waals surface area contributed by atoms with Crippen LogP contribution in [0.5, 0.6) is 5.75 Å². The molecule has 28 heavy (non-hydrogen) atoms. The molecule has 4 nitrogen and oxygen atoms in total. The fourth-order valence-electron chi connectivity index (χ4n) is 2.32. The van der Waals surface area contributed by atoms with Gasteiger partial charge in [0, 0.05) is 0 Å². The Morgan fingerprint density at radius 2 is 1.64 bits per heavy atom. The van der Waals surface area contributed by atoms with Gasteiger partial charge >= 0.3 is 0 Å². The Morgan fingerprint density at radius 1 is 1.07 bits per heavy atom. The second kappa shape index (κ2) is 8.81. The molecule has 1 N–H and O–H groups in total. The summed E-state index contributed by atoms with van der Waals surface area (Å²) in [5.74, 6) is -10.7. The van der Waals surface area contributed by atoms with Crippen LogP contribution < -0.4 is 10.2 Å². The molecule has 2 rings (SSSR count). The zero-order chi connectivity index (χ0) is 21.0. The molecule has 2 aromatic rings. The number of amides is 1. The van der Waals surface area contributed by atoms with E-state index < -0.39 is 47.2 Å². The largest absolute Gasteiger partial charge is 0.483 e. The summed E-state index contributed by atoms with van der Waals surface area (Å²) in [6.45, 7) is 5.29. The van der Waals surface area contributed by atoms with Crippen LogP contribution in [-0.4, -0.2) is 18.7 Å². The first-order valence-corrected chi connectivity index (χ1v) is 8.20. The molecule has 0 spiro atoms. The number of nitrogens with zero attached hydrogens (tertiary/aromatic N) is 1. The molecule has 1 amide bonds. The van der Waals surface area contributed by atoms with Crippen molar-refractivity contribution in [2.24, 2.45) is 5.10 Å². The van der Waals surface area contributed by atoms with Crippen LogP contribution >= 0.6 is 0 Å². The van der Waals surface area contributed by atoms with Gasteiger partial charge in [0.2, 0.25) is 5.82 Å². The average molecular weight is 400 g/mol.